The Kier molecular flexibility index (Phi) is 4.38. The Labute approximate surface area is 155 Å². The summed E-state index contributed by atoms with van der Waals surface area (Å²) in [6.45, 7) is 2.12. The number of piperidine rings is 1. The zero-order valence-corrected chi connectivity index (χ0v) is 14.5. The standard InChI is InChI=1S/C19H18F3N5/c20-19(21,22)16-4-2-5-17(25-16)26-9-7-13-8-10-27(15(13)12-26)18-6-1-3-14(11-23)24-18/h1-6,13,15H,7-10,12H2. The van der Waals surface area contributed by atoms with Gasteiger partial charge in [-0.1, -0.05) is 12.1 Å². The predicted octanol–water partition coefficient (Wildman–Crippen LogP) is 3.47. The number of anilines is 2. The average molecular weight is 373 g/mol. The lowest BCUT2D eigenvalue weighted by Crippen LogP contribution is -2.49. The fourth-order valence-electron chi connectivity index (χ4n) is 4.04. The quantitative estimate of drug-likeness (QED) is 0.807. The summed E-state index contributed by atoms with van der Waals surface area (Å²) in [7, 11) is 0. The summed E-state index contributed by atoms with van der Waals surface area (Å²) >= 11 is 0. The molecular formula is C19H18F3N5. The van der Waals surface area contributed by atoms with Crippen LogP contribution in [0, 0.1) is 17.2 Å². The Balaban J connectivity index is 1.57. The SMILES string of the molecule is N#Cc1cccc(N2CCC3CCN(c4cccc(C(F)(F)F)n4)CC32)n1. The van der Waals surface area contributed by atoms with E-state index in [0.717, 1.165) is 31.3 Å². The molecule has 0 spiro atoms. The molecule has 2 aromatic rings. The molecule has 2 aliphatic rings. The smallest absolute Gasteiger partial charge is 0.355 e. The second-order valence-corrected chi connectivity index (χ2v) is 6.92. The van der Waals surface area contributed by atoms with Crippen molar-refractivity contribution in [2.24, 2.45) is 5.92 Å². The van der Waals surface area contributed by atoms with Gasteiger partial charge in [0.1, 0.15) is 29.1 Å². The van der Waals surface area contributed by atoms with Crippen molar-refractivity contribution in [1.82, 2.24) is 9.97 Å². The van der Waals surface area contributed by atoms with E-state index >= 15 is 0 Å². The third kappa shape index (κ3) is 3.42. The maximum atomic E-state index is 13.0. The van der Waals surface area contributed by atoms with Gasteiger partial charge < -0.3 is 9.80 Å². The molecule has 4 heterocycles. The molecule has 0 N–H and O–H groups in total. The minimum Gasteiger partial charge on any atom is -0.355 e. The number of rotatable bonds is 2. The van der Waals surface area contributed by atoms with Crippen LogP contribution in [0.3, 0.4) is 0 Å². The van der Waals surface area contributed by atoms with Gasteiger partial charge in [0.05, 0.1) is 6.04 Å². The number of pyridine rings is 2. The van der Waals surface area contributed by atoms with Crippen LogP contribution in [0.25, 0.3) is 0 Å². The first kappa shape index (κ1) is 17.6. The minimum atomic E-state index is -4.45. The predicted molar refractivity (Wildman–Crippen MR) is 94.3 cm³/mol. The molecule has 0 bridgehead atoms. The number of nitriles is 1. The molecule has 2 fully saturated rings. The van der Waals surface area contributed by atoms with Gasteiger partial charge in [0.25, 0.3) is 0 Å². The zero-order valence-electron chi connectivity index (χ0n) is 14.5. The number of hydrogen-bond acceptors (Lipinski definition) is 5. The van der Waals surface area contributed by atoms with E-state index in [1.165, 1.54) is 6.07 Å². The third-order valence-corrected chi connectivity index (χ3v) is 5.35. The molecule has 0 saturated carbocycles. The van der Waals surface area contributed by atoms with Gasteiger partial charge in [-0.05, 0) is 43.0 Å². The Hall–Kier alpha value is -2.82. The van der Waals surface area contributed by atoms with Gasteiger partial charge in [0.15, 0.2) is 0 Å². The van der Waals surface area contributed by atoms with E-state index < -0.39 is 11.9 Å². The molecule has 0 amide bonds. The van der Waals surface area contributed by atoms with Crippen LogP contribution in [0.4, 0.5) is 24.8 Å². The fourth-order valence-corrected chi connectivity index (χ4v) is 4.04. The minimum absolute atomic E-state index is 0.150. The molecule has 2 aliphatic heterocycles. The van der Waals surface area contributed by atoms with Gasteiger partial charge in [-0.3, -0.25) is 0 Å². The number of nitrogens with zero attached hydrogens (tertiary/aromatic N) is 5. The molecule has 0 aliphatic carbocycles. The first-order valence-corrected chi connectivity index (χ1v) is 8.89. The van der Waals surface area contributed by atoms with E-state index in [9.17, 15) is 13.2 Å². The molecule has 2 saturated heterocycles. The number of halogens is 3. The van der Waals surface area contributed by atoms with Crippen LogP contribution < -0.4 is 9.80 Å². The molecule has 8 heteroatoms. The van der Waals surface area contributed by atoms with Crippen molar-refractivity contribution < 1.29 is 13.2 Å². The molecular weight excluding hydrogens is 355 g/mol. The first-order valence-electron chi connectivity index (χ1n) is 8.89. The highest BCUT2D eigenvalue weighted by Crippen LogP contribution is 2.36. The summed E-state index contributed by atoms with van der Waals surface area (Å²) < 4.78 is 38.9. The Morgan fingerprint density at radius 2 is 1.74 bits per heavy atom. The maximum absolute atomic E-state index is 13.0. The average Bonchev–Trinajstić information content (AvgIpc) is 3.10. The van der Waals surface area contributed by atoms with Crippen molar-refractivity contribution in [3.8, 4) is 6.07 Å². The van der Waals surface area contributed by atoms with E-state index in [1.807, 2.05) is 17.0 Å². The lowest BCUT2D eigenvalue weighted by atomic mass is 9.92. The van der Waals surface area contributed by atoms with E-state index in [-0.39, 0.29) is 6.04 Å². The molecule has 2 aromatic heterocycles. The number of hydrogen-bond donors (Lipinski definition) is 0. The van der Waals surface area contributed by atoms with Gasteiger partial charge >= 0.3 is 6.18 Å². The molecule has 5 nitrogen and oxygen atoms in total. The number of alkyl halides is 3. The van der Waals surface area contributed by atoms with Gasteiger partial charge in [0.2, 0.25) is 0 Å². The summed E-state index contributed by atoms with van der Waals surface area (Å²) in [4.78, 5) is 12.3. The highest BCUT2D eigenvalue weighted by molar-refractivity contribution is 5.47. The second-order valence-electron chi connectivity index (χ2n) is 6.92. The number of aromatic nitrogens is 2. The van der Waals surface area contributed by atoms with Crippen molar-refractivity contribution in [2.75, 3.05) is 29.4 Å². The molecule has 2 unspecified atom stereocenters. The van der Waals surface area contributed by atoms with E-state index in [1.54, 1.807) is 12.1 Å². The maximum Gasteiger partial charge on any atom is 0.433 e. The van der Waals surface area contributed by atoms with Gasteiger partial charge in [0, 0.05) is 19.6 Å². The highest BCUT2D eigenvalue weighted by atomic mass is 19.4. The summed E-state index contributed by atoms with van der Waals surface area (Å²) in [5.74, 6) is 1.58. The Morgan fingerprint density at radius 3 is 2.52 bits per heavy atom. The van der Waals surface area contributed by atoms with Crippen LogP contribution in [0.1, 0.15) is 24.2 Å². The van der Waals surface area contributed by atoms with Gasteiger partial charge in [-0.15, -0.1) is 0 Å². The first-order chi connectivity index (χ1) is 13.0. The summed E-state index contributed by atoms with van der Waals surface area (Å²) in [6.07, 6.45) is -2.53. The monoisotopic (exact) mass is 373 g/mol. The summed E-state index contributed by atoms with van der Waals surface area (Å²) in [5.41, 5.74) is -0.503. The lowest BCUT2D eigenvalue weighted by Gasteiger charge is -2.39. The zero-order chi connectivity index (χ0) is 19.0. The largest absolute Gasteiger partial charge is 0.433 e. The Morgan fingerprint density at radius 1 is 1.00 bits per heavy atom. The molecule has 2 atom stereocenters. The van der Waals surface area contributed by atoms with E-state index in [0.29, 0.717) is 30.5 Å². The highest BCUT2D eigenvalue weighted by Gasteiger charge is 2.40. The van der Waals surface area contributed by atoms with E-state index in [4.69, 9.17) is 5.26 Å². The van der Waals surface area contributed by atoms with Crippen LogP contribution in [0.15, 0.2) is 36.4 Å². The van der Waals surface area contributed by atoms with Crippen LogP contribution in [0.5, 0.6) is 0 Å². The third-order valence-electron chi connectivity index (χ3n) is 5.35. The normalized spacial score (nSPS) is 22.4. The Bertz CT molecular complexity index is 876. The molecule has 0 radical (unpaired) electrons. The van der Waals surface area contributed by atoms with Crippen LogP contribution in [-0.2, 0) is 6.18 Å². The van der Waals surface area contributed by atoms with Gasteiger partial charge in [-0.25, -0.2) is 9.97 Å². The van der Waals surface area contributed by atoms with Crippen molar-refractivity contribution in [2.45, 2.75) is 25.1 Å². The summed E-state index contributed by atoms with van der Waals surface area (Å²) in [5, 5.41) is 9.08. The van der Waals surface area contributed by atoms with Gasteiger partial charge in [-0.2, -0.15) is 18.4 Å². The molecule has 140 valence electrons. The molecule has 0 aromatic carbocycles. The summed E-state index contributed by atoms with van der Waals surface area (Å²) in [6, 6.07) is 11.6. The van der Waals surface area contributed by atoms with Crippen molar-refractivity contribution in [3.63, 3.8) is 0 Å². The van der Waals surface area contributed by atoms with Crippen molar-refractivity contribution in [1.29, 1.82) is 5.26 Å². The molecule has 27 heavy (non-hydrogen) atoms. The van der Waals surface area contributed by atoms with E-state index in [2.05, 4.69) is 20.9 Å². The van der Waals surface area contributed by atoms with Crippen LogP contribution >= 0.6 is 0 Å². The lowest BCUT2D eigenvalue weighted by molar-refractivity contribution is -0.141. The van der Waals surface area contributed by atoms with Crippen molar-refractivity contribution >= 4 is 11.6 Å². The van der Waals surface area contributed by atoms with Crippen LogP contribution in [-0.4, -0.2) is 35.6 Å². The number of fused-ring (bicyclic) bond motifs is 1. The topological polar surface area (TPSA) is 56.1 Å². The van der Waals surface area contributed by atoms with Crippen LogP contribution in [0.2, 0.25) is 0 Å². The molecule has 4 rings (SSSR count). The van der Waals surface area contributed by atoms with Crippen molar-refractivity contribution in [3.05, 3.63) is 47.8 Å². The fraction of sp³-hybridized carbons (Fsp3) is 0.421. The second kappa shape index (κ2) is 6.72.